The minimum absolute atomic E-state index is 0.120. The van der Waals surface area contributed by atoms with Crippen LogP contribution in [-0.2, 0) is 6.42 Å². The first-order chi connectivity index (χ1) is 13.2. The van der Waals surface area contributed by atoms with Crippen LogP contribution in [0.2, 0.25) is 0 Å². The molecule has 1 amide bonds. The second-order valence-electron chi connectivity index (χ2n) is 6.57. The first-order valence-electron chi connectivity index (χ1n) is 9.11. The van der Waals surface area contributed by atoms with E-state index in [9.17, 15) is 9.18 Å². The quantitative estimate of drug-likeness (QED) is 0.760. The number of amides is 1. The van der Waals surface area contributed by atoms with E-state index < -0.39 is 5.82 Å². The third-order valence-electron chi connectivity index (χ3n) is 4.82. The van der Waals surface area contributed by atoms with E-state index in [1.807, 2.05) is 6.92 Å². The van der Waals surface area contributed by atoms with Crippen molar-refractivity contribution in [1.82, 2.24) is 25.3 Å². The number of nitrogens with zero attached hydrogens (tertiary/aromatic N) is 4. The Kier molecular flexibility index (Phi) is 4.70. The maximum Gasteiger partial charge on any atom is 0.275 e. The highest BCUT2D eigenvalue weighted by Gasteiger charge is 2.33. The summed E-state index contributed by atoms with van der Waals surface area (Å²) >= 11 is 0. The summed E-state index contributed by atoms with van der Waals surface area (Å²) in [6.07, 6.45) is 3.35. The number of aromatic amines is 1. The summed E-state index contributed by atoms with van der Waals surface area (Å²) in [5, 5.41) is 15.1. The average molecular weight is 369 g/mol. The van der Waals surface area contributed by atoms with Crippen LogP contribution in [0.4, 0.5) is 4.39 Å². The van der Waals surface area contributed by atoms with Crippen LogP contribution in [0.1, 0.15) is 54.3 Å². The van der Waals surface area contributed by atoms with Gasteiger partial charge in [-0.1, -0.05) is 19.1 Å². The van der Waals surface area contributed by atoms with Gasteiger partial charge in [0.15, 0.2) is 0 Å². The molecule has 1 atom stereocenters. The summed E-state index contributed by atoms with van der Waals surface area (Å²) in [5.41, 5.74) is 1.55. The predicted molar refractivity (Wildman–Crippen MR) is 95.3 cm³/mol. The molecule has 1 aliphatic heterocycles. The van der Waals surface area contributed by atoms with Crippen molar-refractivity contribution in [3.05, 3.63) is 53.4 Å². The zero-order valence-electron chi connectivity index (χ0n) is 15.0. The third kappa shape index (κ3) is 3.34. The van der Waals surface area contributed by atoms with Crippen molar-refractivity contribution in [1.29, 1.82) is 0 Å². The van der Waals surface area contributed by atoms with Crippen LogP contribution in [0.15, 0.2) is 34.7 Å². The number of H-pyrrole nitrogens is 1. The molecular formula is C19H20FN5O2. The monoisotopic (exact) mass is 369 g/mol. The molecule has 1 aromatic carbocycles. The molecule has 0 spiro atoms. The SMILES string of the molecule is CCc1cc(C(=O)N2CCCC[C@@H]2c2nnc(-c3ccccc3F)o2)n[nH]1. The molecule has 4 rings (SSSR count). The zero-order chi connectivity index (χ0) is 18.8. The maximum absolute atomic E-state index is 14.0. The number of likely N-dealkylation sites (tertiary alicyclic amines) is 1. The molecule has 8 heteroatoms. The van der Waals surface area contributed by atoms with Crippen LogP contribution in [0.3, 0.4) is 0 Å². The standard InChI is InChI=1S/C19H20FN5O2/c1-2-12-11-15(22-21-12)19(26)25-10-6-5-9-16(25)18-24-23-17(27-18)13-7-3-4-8-14(13)20/h3-4,7-8,11,16H,2,5-6,9-10H2,1H3,(H,21,22)/t16-/m1/s1. The molecule has 2 aromatic heterocycles. The number of piperidine rings is 1. The Balaban J connectivity index is 1.61. The van der Waals surface area contributed by atoms with E-state index in [2.05, 4.69) is 20.4 Å². The van der Waals surface area contributed by atoms with Crippen LogP contribution < -0.4 is 0 Å². The van der Waals surface area contributed by atoms with Crippen LogP contribution in [0.5, 0.6) is 0 Å². The van der Waals surface area contributed by atoms with Gasteiger partial charge in [-0.05, 0) is 43.9 Å². The van der Waals surface area contributed by atoms with Crippen molar-refractivity contribution in [3.8, 4) is 11.5 Å². The smallest absolute Gasteiger partial charge is 0.275 e. The number of carbonyl (C=O) groups is 1. The number of benzene rings is 1. The topological polar surface area (TPSA) is 87.9 Å². The Bertz CT molecular complexity index is 951. The van der Waals surface area contributed by atoms with Gasteiger partial charge in [0.1, 0.15) is 17.6 Å². The molecule has 140 valence electrons. The van der Waals surface area contributed by atoms with Crippen molar-refractivity contribution >= 4 is 5.91 Å². The molecular weight excluding hydrogens is 349 g/mol. The lowest BCUT2D eigenvalue weighted by atomic mass is 10.0. The van der Waals surface area contributed by atoms with Gasteiger partial charge in [-0.2, -0.15) is 5.10 Å². The molecule has 27 heavy (non-hydrogen) atoms. The van der Waals surface area contributed by atoms with Gasteiger partial charge in [0, 0.05) is 12.2 Å². The van der Waals surface area contributed by atoms with Crippen LogP contribution in [0.25, 0.3) is 11.5 Å². The van der Waals surface area contributed by atoms with E-state index >= 15 is 0 Å². The van der Waals surface area contributed by atoms with Gasteiger partial charge >= 0.3 is 0 Å². The summed E-state index contributed by atoms with van der Waals surface area (Å²) in [6, 6.07) is 7.69. The summed E-state index contributed by atoms with van der Waals surface area (Å²) < 4.78 is 19.7. The number of halogens is 1. The molecule has 7 nitrogen and oxygen atoms in total. The molecule has 1 N–H and O–H groups in total. The van der Waals surface area contributed by atoms with Crippen LogP contribution in [0, 0.1) is 5.82 Å². The molecule has 0 saturated carbocycles. The average Bonchev–Trinajstić information content (AvgIpc) is 3.37. The Hall–Kier alpha value is -3.03. The third-order valence-corrected chi connectivity index (χ3v) is 4.82. The number of aromatic nitrogens is 4. The molecule has 3 heterocycles. The van der Waals surface area contributed by atoms with Gasteiger partial charge in [0.25, 0.3) is 11.8 Å². The second kappa shape index (κ2) is 7.30. The van der Waals surface area contributed by atoms with Crippen molar-refractivity contribution < 1.29 is 13.6 Å². The maximum atomic E-state index is 14.0. The van der Waals surface area contributed by atoms with E-state index in [1.165, 1.54) is 6.07 Å². The number of nitrogens with one attached hydrogen (secondary N) is 1. The first-order valence-corrected chi connectivity index (χ1v) is 9.11. The summed E-state index contributed by atoms with van der Waals surface area (Å²) in [6.45, 7) is 2.59. The first kappa shape index (κ1) is 17.4. The molecule has 0 bridgehead atoms. The highest BCUT2D eigenvalue weighted by Crippen LogP contribution is 2.33. The van der Waals surface area contributed by atoms with Gasteiger partial charge in [-0.25, -0.2) is 4.39 Å². The van der Waals surface area contributed by atoms with Gasteiger partial charge < -0.3 is 9.32 Å². The number of hydrogen-bond acceptors (Lipinski definition) is 5. The van der Waals surface area contributed by atoms with E-state index in [0.717, 1.165) is 31.4 Å². The number of aryl methyl sites for hydroxylation is 1. The second-order valence-corrected chi connectivity index (χ2v) is 6.57. The largest absolute Gasteiger partial charge is 0.418 e. The van der Waals surface area contributed by atoms with Crippen molar-refractivity contribution in [2.24, 2.45) is 0 Å². The molecule has 1 aliphatic rings. The Morgan fingerprint density at radius 3 is 2.96 bits per heavy atom. The minimum Gasteiger partial charge on any atom is -0.418 e. The number of hydrogen-bond donors (Lipinski definition) is 1. The summed E-state index contributed by atoms with van der Waals surface area (Å²) in [7, 11) is 0. The fourth-order valence-corrected chi connectivity index (χ4v) is 3.34. The molecule has 1 saturated heterocycles. The lowest BCUT2D eigenvalue weighted by Crippen LogP contribution is -2.38. The van der Waals surface area contributed by atoms with Gasteiger partial charge in [0.05, 0.1) is 5.56 Å². The lowest BCUT2D eigenvalue weighted by molar-refractivity contribution is 0.0566. The number of rotatable bonds is 4. The van der Waals surface area contributed by atoms with Gasteiger partial charge in [0.2, 0.25) is 5.89 Å². The van der Waals surface area contributed by atoms with E-state index in [1.54, 1.807) is 29.2 Å². The van der Waals surface area contributed by atoms with E-state index in [-0.39, 0.29) is 23.4 Å². The van der Waals surface area contributed by atoms with Crippen LogP contribution >= 0.6 is 0 Å². The Labute approximate surface area is 155 Å². The lowest BCUT2D eigenvalue weighted by Gasteiger charge is -2.32. The van der Waals surface area contributed by atoms with Crippen molar-refractivity contribution in [2.45, 2.75) is 38.6 Å². The fourth-order valence-electron chi connectivity index (χ4n) is 3.34. The van der Waals surface area contributed by atoms with Gasteiger partial charge in [-0.15, -0.1) is 10.2 Å². The van der Waals surface area contributed by atoms with Crippen molar-refractivity contribution in [2.75, 3.05) is 6.54 Å². The Morgan fingerprint density at radius 1 is 1.33 bits per heavy atom. The number of carbonyl (C=O) groups excluding carboxylic acids is 1. The molecule has 0 aliphatic carbocycles. The normalized spacial score (nSPS) is 17.3. The van der Waals surface area contributed by atoms with Crippen molar-refractivity contribution in [3.63, 3.8) is 0 Å². The van der Waals surface area contributed by atoms with Crippen LogP contribution in [-0.4, -0.2) is 37.7 Å². The molecule has 0 unspecified atom stereocenters. The fraction of sp³-hybridized carbons (Fsp3) is 0.368. The summed E-state index contributed by atoms with van der Waals surface area (Å²) in [4.78, 5) is 14.7. The summed E-state index contributed by atoms with van der Waals surface area (Å²) in [5.74, 6) is -0.143. The predicted octanol–water partition coefficient (Wildman–Crippen LogP) is 3.53. The van der Waals surface area contributed by atoms with Gasteiger partial charge in [-0.3, -0.25) is 9.89 Å². The van der Waals surface area contributed by atoms with E-state index in [0.29, 0.717) is 18.1 Å². The molecule has 1 fully saturated rings. The van der Waals surface area contributed by atoms with E-state index in [4.69, 9.17) is 4.42 Å². The molecule has 3 aromatic rings. The zero-order valence-corrected chi connectivity index (χ0v) is 15.0. The highest BCUT2D eigenvalue weighted by molar-refractivity contribution is 5.92. The minimum atomic E-state index is -0.423. The molecule has 0 radical (unpaired) electrons. The Morgan fingerprint density at radius 2 is 2.19 bits per heavy atom. The highest BCUT2D eigenvalue weighted by atomic mass is 19.1.